The van der Waals surface area contributed by atoms with E-state index in [1.807, 2.05) is 11.2 Å². The van der Waals surface area contributed by atoms with E-state index in [2.05, 4.69) is 18.4 Å². The Hall–Kier alpha value is -3.01. The van der Waals surface area contributed by atoms with Crippen LogP contribution in [0, 0.1) is 23.5 Å². The first kappa shape index (κ1) is 24.3. The van der Waals surface area contributed by atoms with Crippen LogP contribution in [0.5, 0.6) is 0 Å². The molecule has 9 heteroatoms. The molecule has 1 heterocycles. The molecular weight excluding hydrogens is 496 g/mol. The van der Waals surface area contributed by atoms with Crippen molar-refractivity contribution in [2.45, 2.75) is 43.1 Å². The summed E-state index contributed by atoms with van der Waals surface area (Å²) in [4.78, 5) is -0.358. The van der Waals surface area contributed by atoms with Crippen LogP contribution in [-0.2, 0) is 10.0 Å². The van der Waals surface area contributed by atoms with Gasteiger partial charge in [0.2, 0.25) is 10.0 Å². The van der Waals surface area contributed by atoms with Gasteiger partial charge in [-0.25, -0.2) is 17.2 Å². The number of nitrogens with zero attached hydrogens (tertiary/aromatic N) is 2. The van der Waals surface area contributed by atoms with Gasteiger partial charge in [0.05, 0.1) is 17.0 Å². The van der Waals surface area contributed by atoms with E-state index in [0.717, 1.165) is 35.9 Å². The molecule has 37 heavy (non-hydrogen) atoms. The SMILES string of the molecule is C[C@H]1C2=CNN(c3ccc(F)cc3)C2=CC2=C1[C@@H](CN(CC1(O)CC1)S(=O)(=O)c1ccccc1F)CC2. The summed E-state index contributed by atoms with van der Waals surface area (Å²) in [6.45, 7) is 2.26. The smallest absolute Gasteiger partial charge is 0.246 e. The summed E-state index contributed by atoms with van der Waals surface area (Å²) in [7, 11) is -4.14. The number of fused-ring (bicyclic) bond motifs is 1. The number of aliphatic hydroxyl groups is 1. The van der Waals surface area contributed by atoms with Gasteiger partial charge in [0.1, 0.15) is 16.5 Å². The zero-order chi connectivity index (χ0) is 25.9. The molecule has 194 valence electrons. The Bertz CT molecular complexity index is 1450. The highest BCUT2D eigenvalue weighted by Gasteiger charge is 2.46. The molecule has 1 aliphatic heterocycles. The fourth-order valence-corrected chi connectivity index (χ4v) is 7.45. The molecule has 6 rings (SSSR count). The average molecular weight is 526 g/mol. The third-order valence-electron chi connectivity index (χ3n) is 7.96. The second-order valence-electron chi connectivity index (χ2n) is 10.5. The Morgan fingerprint density at radius 3 is 2.57 bits per heavy atom. The number of hydrogen-bond donors (Lipinski definition) is 2. The van der Waals surface area contributed by atoms with Gasteiger partial charge in [-0.05, 0) is 79.6 Å². The van der Waals surface area contributed by atoms with Gasteiger partial charge in [-0.3, -0.25) is 5.01 Å². The Kier molecular flexibility index (Phi) is 5.78. The van der Waals surface area contributed by atoms with Crippen LogP contribution in [0.2, 0.25) is 0 Å². The van der Waals surface area contributed by atoms with Crippen molar-refractivity contribution < 1.29 is 22.3 Å². The molecule has 0 unspecified atom stereocenters. The molecule has 0 aromatic heterocycles. The number of nitrogens with one attached hydrogen (secondary N) is 1. The molecule has 2 aromatic rings. The highest BCUT2D eigenvalue weighted by Crippen LogP contribution is 2.48. The number of halogens is 2. The third-order valence-corrected chi connectivity index (χ3v) is 9.81. The predicted octanol–water partition coefficient (Wildman–Crippen LogP) is 4.63. The maximum atomic E-state index is 14.6. The Labute approximate surface area is 215 Å². The Balaban J connectivity index is 1.31. The lowest BCUT2D eigenvalue weighted by Crippen LogP contribution is -2.42. The fraction of sp³-hybridized carbons (Fsp3) is 0.357. The summed E-state index contributed by atoms with van der Waals surface area (Å²) >= 11 is 0. The van der Waals surface area contributed by atoms with E-state index < -0.39 is 21.4 Å². The molecule has 4 aliphatic rings. The maximum Gasteiger partial charge on any atom is 0.246 e. The quantitative estimate of drug-likeness (QED) is 0.552. The first-order valence-corrected chi connectivity index (χ1v) is 14.0. The summed E-state index contributed by atoms with van der Waals surface area (Å²) in [6.07, 6.45) is 6.73. The van der Waals surface area contributed by atoms with Crippen LogP contribution >= 0.6 is 0 Å². The molecule has 2 aromatic carbocycles. The average Bonchev–Trinajstić information content (AvgIpc) is 3.25. The minimum Gasteiger partial charge on any atom is -0.389 e. The highest BCUT2D eigenvalue weighted by molar-refractivity contribution is 7.89. The molecular formula is C28H29F2N3O3S. The zero-order valence-electron chi connectivity index (χ0n) is 20.5. The first-order chi connectivity index (χ1) is 17.7. The van der Waals surface area contributed by atoms with E-state index in [-0.39, 0.29) is 35.6 Å². The third kappa shape index (κ3) is 4.28. The second kappa shape index (κ2) is 8.79. The molecule has 0 spiro atoms. The van der Waals surface area contributed by atoms with Crippen LogP contribution in [-0.4, -0.2) is 36.5 Å². The van der Waals surface area contributed by atoms with Crippen LogP contribution in [0.25, 0.3) is 0 Å². The number of benzene rings is 2. The fourth-order valence-electron chi connectivity index (χ4n) is 5.82. The van der Waals surface area contributed by atoms with Gasteiger partial charge in [-0.15, -0.1) is 0 Å². The van der Waals surface area contributed by atoms with Crippen molar-refractivity contribution >= 4 is 15.7 Å². The Morgan fingerprint density at radius 1 is 1.14 bits per heavy atom. The molecule has 3 aliphatic carbocycles. The number of sulfonamides is 1. The summed E-state index contributed by atoms with van der Waals surface area (Å²) in [5.74, 6) is -1.09. The van der Waals surface area contributed by atoms with E-state index in [1.54, 1.807) is 12.1 Å². The molecule has 1 saturated carbocycles. The van der Waals surface area contributed by atoms with Crippen LogP contribution in [0.1, 0.15) is 32.6 Å². The summed E-state index contributed by atoms with van der Waals surface area (Å²) in [6, 6.07) is 11.7. The molecule has 0 radical (unpaired) electrons. The van der Waals surface area contributed by atoms with Crippen molar-refractivity contribution in [1.82, 2.24) is 9.73 Å². The highest BCUT2D eigenvalue weighted by atomic mass is 32.2. The van der Waals surface area contributed by atoms with Gasteiger partial charge >= 0.3 is 0 Å². The summed E-state index contributed by atoms with van der Waals surface area (Å²) < 4.78 is 56.5. The molecule has 0 amide bonds. The topological polar surface area (TPSA) is 72.9 Å². The number of hydrogen-bond acceptors (Lipinski definition) is 5. The van der Waals surface area contributed by atoms with E-state index in [4.69, 9.17) is 0 Å². The molecule has 0 bridgehead atoms. The molecule has 0 saturated heterocycles. The van der Waals surface area contributed by atoms with Gasteiger partial charge in [0, 0.05) is 30.8 Å². The normalized spacial score (nSPS) is 24.0. The van der Waals surface area contributed by atoms with Crippen molar-refractivity contribution in [2.24, 2.45) is 11.8 Å². The minimum absolute atomic E-state index is 0.0408. The van der Waals surface area contributed by atoms with E-state index >= 15 is 0 Å². The number of rotatable bonds is 7. The van der Waals surface area contributed by atoms with Gasteiger partial charge < -0.3 is 10.5 Å². The van der Waals surface area contributed by atoms with Crippen LogP contribution < -0.4 is 10.4 Å². The largest absolute Gasteiger partial charge is 0.389 e. The lowest BCUT2D eigenvalue weighted by Gasteiger charge is -2.32. The predicted molar refractivity (Wildman–Crippen MR) is 136 cm³/mol. The van der Waals surface area contributed by atoms with Gasteiger partial charge in [-0.2, -0.15) is 4.31 Å². The van der Waals surface area contributed by atoms with Crippen molar-refractivity contribution in [3.8, 4) is 0 Å². The molecule has 2 atom stereocenters. The summed E-state index contributed by atoms with van der Waals surface area (Å²) in [5, 5.41) is 12.6. The lowest BCUT2D eigenvalue weighted by atomic mass is 9.80. The minimum atomic E-state index is -4.14. The van der Waals surface area contributed by atoms with Crippen molar-refractivity contribution in [2.75, 3.05) is 18.1 Å². The second-order valence-corrected chi connectivity index (χ2v) is 12.4. The van der Waals surface area contributed by atoms with Crippen LogP contribution in [0.4, 0.5) is 14.5 Å². The molecule has 2 N–H and O–H groups in total. The van der Waals surface area contributed by atoms with Crippen LogP contribution in [0.15, 0.2) is 88.1 Å². The number of hydrazine groups is 1. The molecule has 1 fully saturated rings. The van der Waals surface area contributed by atoms with Gasteiger partial charge in [-0.1, -0.05) is 24.6 Å². The Morgan fingerprint density at radius 2 is 1.86 bits per heavy atom. The van der Waals surface area contributed by atoms with E-state index in [1.165, 1.54) is 45.8 Å². The monoisotopic (exact) mass is 525 g/mol. The van der Waals surface area contributed by atoms with Crippen molar-refractivity contribution in [3.63, 3.8) is 0 Å². The van der Waals surface area contributed by atoms with Crippen LogP contribution in [0.3, 0.4) is 0 Å². The zero-order valence-corrected chi connectivity index (χ0v) is 21.3. The first-order valence-electron chi connectivity index (χ1n) is 12.6. The standard InChI is InChI=1S/C28H29F2N3O3S/c1-18-23-15-31-33(22-10-8-21(29)9-11-22)25(23)14-19-6-7-20(27(18)19)16-32(17-28(34)12-13-28)37(35,36)26-5-3-2-4-24(26)30/h2-5,8-11,14-15,18,20,31,34H,6-7,12-13,16-17H2,1H3/t18-,20+/m0/s1. The van der Waals surface area contributed by atoms with E-state index in [0.29, 0.717) is 12.8 Å². The van der Waals surface area contributed by atoms with Crippen molar-refractivity contribution in [1.29, 1.82) is 0 Å². The van der Waals surface area contributed by atoms with Crippen molar-refractivity contribution in [3.05, 3.63) is 94.9 Å². The van der Waals surface area contributed by atoms with Gasteiger partial charge in [0.15, 0.2) is 0 Å². The number of anilines is 1. The molecule has 6 nitrogen and oxygen atoms in total. The van der Waals surface area contributed by atoms with E-state index in [9.17, 15) is 22.3 Å². The summed E-state index contributed by atoms with van der Waals surface area (Å²) in [5.41, 5.74) is 7.50. The maximum absolute atomic E-state index is 14.6. The van der Waals surface area contributed by atoms with Gasteiger partial charge in [0.25, 0.3) is 0 Å². The number of allylic oxidation sites excluding steroid dienone is 3. The lowest BCUT2D eigenvalue weighted by molar-refractivity contribution is 0.119.